The predicted octanol–water partition coefficient (Wildman–Crippen LogP) is 14.2. The van der Waals surface area contributed by atoms with Crippen LogP contribution in [0.1, 0.15) is 48.8 Å². The van der Waals surface area contributed by atoms with Gasteiger partial charge in [0.25, 0.3) is 0 Å². The Labute approximate surface area is 340 Å². The summed E-state index contributed by atoms with van der Waals surface area (Å²) in [4.78, 5) is 5.12. The number of rotatable bonds is 5. The standard InChI is InChI=1S/C56H42N2/c57-34-35-7-6-12-46(24-35)55-33-47(38-8-2-1-3-9-38)32-54(58-55)42-19-17-40(18-20-42)39-13-15-41(16-14-39)45-21-22-50-51-29-43-10-4-5-11-44(43)30-53(51)56(52(50)31-45)48-25-36-23-37(27-48)28-49(56)26-36/h1-22,24,29-33,36-37,48-49H,23,25-28H2. The van der Waals surface area contributed by atoms with Gasteiger partial charge >= 0.3 is 0 Å². The van der Waals surface area contributed by atoms with Gasteiger partial charge in [-0.1, -0.05) is 127 Å². The molecule has 0 atom stereocenters. The van der Waals surface area contributed by atoms with Gasteiger partial charge in [-0.25, -0.2) is 4.98 Å². The predicted molar refractivity (Wildman–Crippen MR) is 237 cm³/mol. The van der Waals surface area contributed by atoms with E-state index in [0.29, 0.717) is 5.56 Å². The molecular formula is C56H42N2. The van der Waals surface area contributed by atoms with Gasteiger partial charge in [0.15, 0.2) is 0 Å². The molecule has 1 heterocycles. The molecule has 0 saturated heterocycles. The molecule has 0 radical (unpaired) electrons. The van der Waals surface area contributed by atoms with Gasteiger partial charge in [-0.15, -0.1) is 0 Å². The lowest BCUT2D eigenvalue weighted by Gasteiger charge is -2.61. The van der Waals surface area contributed by atoms with Crippen molar-refractivity contribution in [3.8, 4) is 73.1 Å². The smallest absolute Gasteiger partial charge is 0.0991 e. The van der Waals surface area contributed by atoms with Crippen LogP contribution < -0.4 is 0 Å². The number of hydrogen-bond donors (Lipinski definition) is 0. The van der Waals surface area contributed by atoms with Gasteiger partial charge in [0.1, 0.15) is 0 Å². The Bertz CT molecular complexity index is 2920. The van der Waals surface area contributed by atoms with Crippen molar-refractivity contribution in [3.63, 3.8) is 0 Å². The Morgan fingerprint density at radius 1 is 0.414 bits per heavy atom. The average Bonchev–Trinajstić information content (AvgIpc) is 3.56. The third-order valence-electron chi connectivity index (χ3n) is 14.5. The second kappa shape index (κ2) is 13.0. The molecule has 4 bridgehead atoms. The molecule has 0 unspecified atom stereocenters. The van der Waals surface area contributed by atoms with Crippen molar-refractivity contribution in [2.24, 2.45) is 23.7 Å². The van der Waals surface area contributed by atoms with Crippen molar-refractivity contribution in [2.45, 2.75) is 37.5 Å². The molecule has 1 spiro atoms. The van der Waals surface area contributed by atoms with Crippen LogP contribution in [0.3, 0.4) is 0 Å². The van der Waals surface area contributed by atoms with Gasteiger partial charge in [0, 0.05) is 16.5 Å². The molecule has 8 aromatic rings. The first-order valence-corrected chi connectivity index (χ1v) is 21.1. The summed E-state index contributed by atoms with van der Waals surface area (Å²) in [5.74, 6) is 3.32. The molecule has 0 amide bonds. The van der Waals surface area contributed by atoms with Gasteiger partial charge in [-0.3, -0.25) is 0 Å². The summed E-state index contributed by atoms with van der Waals surface area (Å²) in [5, 5.41) is 12.3. The molecule has 2 nitrogen and oxygen atoms in total. The first kappa shape index (κ1) is 33.6. The minimum absolute atomic E-state index is 0.136. The van der Waals surface area contributed by atoms with Crippen molar-refractivity contribution in [1.29, 1.82) is 5.26 Å². The summed E-state index contributed by atoms with van der Waals surface area (Å²) in [7, 11) is 0. The van der Waals surface area contributed by atoms with E-state index in [1.54, 1.807) is 11.1 Å². The van der Waals surface area contributed by atoms with Gasteiger partial charge in [-0.2, -0.15) is 5.26 Å². The number of nitriles is 1. The van der Waals surface area contributed by atoms with E-state index in [1.165, 1.54) is 76.3 Å². The molecule has 7 aromatic carbocycles. The molecular weight excluding hydrogens is 701 g/mol. The van der Waals surface area contributed by atoms with Gasteiger partial charge in [0.2, 0.25) is 0 Å². The number of benzene rings is 7. The van der Waals surface area contributed by atoms with E-state index >= 15 is 0 Å². The molecule has 5 aliphatic rings. The third kappa shape index (κ3) is 5.19. The summed E-state index contributed by atoms with van der Waals surface area (Å²) in [6.07, 6.45) is 7.03. The first-order chi connectivity index (χ1) is 28.6. The van der Waals surface area contributed by atoms with E-state index in [1.807, 2.05) is 30.3 Å². The van der Waals surface area contributed by atoms with Crippen LogP contribution >= 0.6 is 0 Å². The molecule has 58 heavy (non-hydrogen) atoms. The number of nitrogens with zero attached hydrogens (tertiary/aromatic N) is 2. The van der Waals surface area contributed by atoms with E-state index in [2.05, 4.69) is 146 Å². The van der Waals surface area contributed by atoms with E-state index in [4.69, 9.17) is 4.98 Å². The number of aromatic nitrogens is 1. The highest BCUT2D eigenvalue weighted by Crippen LogP contribution is 2.69. The monoisotopic (exact) mass is 742 g/mol. The van der Waals surface area contributed by atoms with Crippen molar-refractivity contribution in [1.82, 2.24) is 4.98 Å². The molecule has 1 aromatic heterocycles. The normalized spacial score (nSPS) is 22.2. The first-order valence-electron chi connectivity index (χ1n) is 21.1. The topological polar surface area (TPSA) is 36.7 Å². The minimum atomic E-state index is 0.136. The van der Waals surface area contributed by atoms with E-state index in [0.717, 1.165) is 57.3 Å². The van der Waals surface area contributed by atoms with Crippen LogP contribution in [0, 0.1) is 35.0 Å². The average molecular weight is 743 g/mol. The molecule has 0 N–H and O–H groups in total. The fraction of sp³-hybridized carbons (Fsp3) is 0.179. The Hall–Kier alpha value is -6.56. The molecule has 13 rings (SSSR count). The summed E-state index contributed by atoms with van der Waals surface area (Å²) >= 11 is 0. The maximum absolute atomic E-state index is 9.57. The van der Waals surface area contributed by atoms with Crippen molar-refractivity contribution < 1.29 is 0 Å². The lowest BCUT2D eigenvalue weighted by Crippen LogP contribution is -2.55. The summed E-state index contributed by atoms with van der Waals surface area (Å²) in [6, 6.07) is 64.2. The van der Waals surface area contributed by atoms with Gasteiger partial charge in [-0.05, 0) is 165 Å². The van der Waals surface area contributed by atoms with Crippen molar-refractivity contribution >= 4 is 10.8 Å². The van der Waals surface area contributed by atoms with Gasteiger partial charge in [0.05, 0.1) is 23.0 Å². The zero-order valence-electron chi connectivity index (χ0n) is 32.4. The maximum atomic E-state index is 9.57. The molecule has 4 saturated carbocycles. The largest absolute Gasteiger partial charge is 0.248 e. The highest BCUT2D eigenvalue weighted by molar-refractivity contribution is 5.95. The van der Waals surface area contributed by atoms with Crippen LogP contribution in [0.25, 0.3) is 77.8 Å². The molecule has 2 heteroatoms. The Balaban J connectivity index is 0.882. The van der Waals surface area contributed by atoms with Crippen LogP contribution in [-0.4, -0.2) is 4.98 Å². The fourth-order valence-electron chi connectivity index (χ4n) is 12.1. The molecule has 4 fully saturated rings. The highest BCUT2D eigenvalue weighted by Gasteiger charge is 2.61. The molecule has 5 aliphatic carbocycles. The Morgan fingerprint density at radius 2 is 0.948 bits per heavy atom. The van der Waals surface area contributed by atoms with Crippen LogP contribution in [0.4, 0.5) is 0 Å². The Morgan fingerprint density at radius 3 is 1.62 bits per heavy atom. The molecule has 276 valence electrons. The zero-order valence-corrected chi connectivity index (χ0v) is 32.4. The van der Waals surface area contributed by atoms with Crippen molar-refractivity contribution in [3.05, 3.63) is 187 Å². The van der Waals surface area contributed by atoms with E-state index < -0.39 is 0 Å². The van der Waals surface area contributed by atoms with Crippen LogP contribution in [0.5, 0.6) is 0 Å². The second-order valence-electron chi connectivity index (χ2n) is 17.5. The lowest BCUT2D eigenvalue weighted by molar-refractivity contribution is -0.0398. The van der Waals surface area contributed by atoms with Crippen LogP contribution in [0.2, 0.25) is 0 Å². The minimum Gasteiger partial charge on any atom is -0.248 e. The molecule has 0 aliphatic heterocycles. The zero-order chi connectivity index (χ0) is 38.4. The van der Waals surface area contributed by atoms with Crippen molar-refractivity contribution in [2.75, 3.05) is 0 Å². The highest BCUT2D eigenvalue weighted by atomic mass is 14.7. The third-order valence-corrected chi connectivity index (χ3v) is 14.5. The summed E-state index contributed by atoms with van der Waals surface area (Å²) in [6.45, 7) is 0. The lowest BCUT2D eigenvalue weighted by atomic mass is 9.43. The number of fused-ring (bicyclic) bond motifs is 4. The van der Waals surface area contributed by atoms with Crippen LogP contribution in [0.15, 0.2) is 170 Å². The van der Waals surface area contributed by atoms with E-state index in [-0.39, 0.29) is 5.41 Å². The summed E-state index contributed by atoms with van der Waals surface area (Å²) < 4.78 is 0. The van der Waals surface area contributed by atoms with E-state index in [9.17, 15) is 5.26 Å². The quantitative estimate of drug-likeness (QED) is 0.176. The Kier molecular flexibility index (Phi) is 7.52. The summed E-state index contributed by atoms with van der Waals surface area (Å²) in [5.41, 5.74) is 17.9. The van der Waals surface area contributed by atoms with Gasteiger partial charge < -0.3 is 0 Å². The van der Waals surface area contributed by atoms with Crippen LogP contribution in [-0.2, 0) is 5.41 Å². The maximum Gasteiger partial charge on any atom is 0.0991 e. The number of pyridine rings is 1. The SMILES string of the molecule is N#Cc1cccc(-c2cc(-c3ccccc3)cc(-c3ccc(-c4ccc(-c5ccc6c(c5)C5(c7cc8ccccc8cc7-6)C6CC7CC(C6)CC5C7)cc4)cc3)n2)c1. The fourth-order valence-corrected chi connectivity index (χ4v) is 12.1. The second-order valence-corrected chi connectivity index (χ2v) is 17.5. The number of hydrogen-bond acceptors (Lipinski definition) is 2.